The lowest BCUT2D eigenvalue weighted by atomic mass is 10.3. The van der Waals surface area contributed by atoms with E-state index in [1.807, 2.05) is 0 Å². The van der Waals surface area contributed by atoms with Crippen LogP contribution in [-0.2, 0) is 4.74 Å². The monoisotopic (exact) mass is 290 g/mol. The van der Waals surface area contributed by atoms with E-state index in [1.54, 1.807) is 13.0 Å². The quantitative estimate of drug-likeness (QED) is 0.514. The van der Waals surface area contributed by atoms with Crippen LogP contribution in [0.4, 0.5) is 10.1 Å². The summed E-state index contributed by atoms with van der Waals surface area (Å²) in [4.78, 5) is 0. The predicted octanol–water partition coefficient (Wildman–Crippen LogP) is 3.16. The van der Waals surface area contributed by atoms with Crippen molar-refractivity contribution in [3.8, 4) is 5.75 Å². The molecule has 1 N–H and O–H groups in total. The van der Waals surface area contributed by atoms with Gasteiger partial charge in [-0.05, 0) is 31.3 Å². The molecule has 0 amide bonds. The Balaban J connectivity index is 2.71. The van der Waals surface area contributed by atoms with Gasteiger partial charge < -0.3 is 9.47 Å². The molecular weight excluding hydrogens is 279 g/mol. The van der Waals surface area contributed by atoms with Gasteiger partial charge in [-0.2, -0.15) is 5.10 Å². The van der Waals surface area contributed by atoms with Crippen LogP contribution >= 0.6 is 23.8 Å². The number of thiocarbonyl (C=S) groups is 1. The van der Waals surface area contributed by atoms with Crippen molar-refractivity contribution in [3.63, 3.8) is 0 Å². The first-order valence-corrected chi connectivity index (χ1v) is 5.87. The third-order valence-electron chi connectivity index (χ3n) is 1.88. The molecule has 0 aliphatic heterocycles. The summed E-state index contributed by atoms with van der Waals surface area (Å²) in [5.74, 6) is -0.346. The fraction of sp³-hybridized carbons (Fsp3) is 0.273. The van der Waals surface area contributed by atoms with E-state index >= 15 is 0 Å². The third kappa shape index (κ3) is 4.12. The Labute approximate surface area is 115 Å². The van der Waals surface area contributed by atoms with Gasteiger partial charge in [-0.25, -0.2) is 4.39 Å². The maximum atomic E-state index is 13.4. The molecule has 0 aliphatic rings. The molecule has 98 valence electrons. The smallest absolute Gasteiger partial charge is 0.224 e. The van der Waals surface area contributed by atoms with E-state index in [9.17, 15) is 4.39 Å². The summed E-state index contributed by atoms with van der Waals surface area (Å²) in [7, 11) is 1.39. The minimum Gasteiger partial charge on any atom is -0.494 e. The second-order valence-electron chi connectivity index (χ2n) is 3.08. The van der Waals surface area contributed by atoms with E-state index in [-0.39, 0.29) is 16.0 Å². The van der Waals surface area contributed by atoms with Gasteiger partial charge in [0.1, 0.15) is 0 Å². The molecule has 0 saturated carbocycles. The maximum Gasteiger partial charge on any atom is 0.224 e. The van der Waals surface area contributed by atoms with Crippen LogP contribution in [0.1, 0.15) is 6.92 Å². The first-order valence-electron chi connectivity index (χ1n) is 5.08. The van der Waals surface area contributed by atoms with Gasteiger partial charge in [0.15, 0.2) is 11.6 Å². The number of hydrazone groups is 1. The summed E-state index contributed by atoms with van der Waals surface area (Å²) in [6, 6.07) is 4.30. The Hall–Kier alpha value is -1.40. The first kappa shape index (κ1) is 14.7. The largest absolute Gasteiger partial charge is 0.494 e. The fourth-order valence-corrected chi connectivity index (χ4v) is 1.35. The molecule has 0 spiro atoms. The molecule has 0 fully saturated rings. The molecule has 0 radical (unpaired) electrons. The summed E-state index contributed by atoms with van der Waals surface area (Å²) in [5, 5.41) is 3.85. The zero-order valence-corrected chi connectivity index (χ0v) is 11.4. The molecule has 0 atom stereocenters. The lowest BCUT2D eigenvalue weighted by Crippen LogP contribution is -2.11. The lowest BCUT2D eigenvalue weighted by molar-refractivity contribution is 0.343. The summed E-state index contributed by atoms with van der Waals surface area (Å²) < 4.78 is 23.1. The van der Waals surface area contributed by atoms with Crippen LogP contribution < -0.4 is 10.2 Å². The molecule has 1 aromatic carbocycles. The van der Waals surface area contributed by atoms with Crippen molar-refractivity contribution in [2.45, 2.75) is 6.92 Å². The minimum absolute atomic E-state index is 0.00285. The van der Waals surface area contributed by atoms with Crippen molar-refractivity contribution >= 4 is 39.7 Å². The van der Waals surface area contributed by atoms with Crippen molar-refractivity contribution < 1.29 is 13.9 Å². The normalized spacial score (nSPS) is 11.0. The molecular formula is C11H12ClFN2O2S. The minimum atomic E-state index is -0.499. The molecule has 4 nitrogen and oxygen atoms in total. The number of benzene rings is 1. The third-order valence-corrected chi connectivity index (χ3v) is 2.56. The number of ether oxygens (including phenoxy) is 2. The van der Waals surface area contributed by atoms with E-state index in [2.05, 4.69) is 10.5 Å². The number of nitrogens with one attached hydrogen (secondary N) is 1. The highest BCUT2D eigenvalue weighted by Gasteiger charge is 2.05. The molecule has 0 saturated heterocycles. The Morgan fingerprint density at radius 1 is 1.56 bits per heavy atom. The number of rotatable bonds is 5. The molecule has 0 heterocycles. The van der Waals surface area contributed by atoms with E-state index in [4.69, 9.17) is 33.3 Å². The van der Waals surface area contributed by atoms with Crippen LogP contribution in [-0.4, -0.2) is 23.9 Å². The average molecular weight is 291 g/mol. The van der Waals surface area contributed by atoms with Crippen molar-refractivity contribution in [2.24, 2.45) is 5.10 Å². The first-order chi connectivity index (χ1) is 8.58. The number of halogens is 2. The van der Waals surface area contributed by atoms with Crippen LogP contribution in [0.25, 0.3) is 0 Å². The van der Waals surface area contributed by atoms with Crippen molar-refractivity contribution in [2.75, 3.05) is 19.1 Å². The van der Waals surface area contributed by atoms with Crippen LogP contribution in [0.15, 0.2) is 23.3 Å². The van der Waals surface area contributed by atoms with Crippen molar-refractivity contribution in [1.82, 2.24) is 0 Å². The highest BCUT2D eigenvalue weighted by Crippen LogP contribution is 2.20. The van der Waals surface area contributed by atoms with Crippen LogP contribution in [0, 0.1) is 5.82 Å². The Morgan fingerprint density at radius 3 is 2.83 bits per heavy atom. The van der Waals surface area contributed by atoms with Gasteiger partial charge in [0.25, 0.3) is 0 Å². The summed E-state index contributed by atoms with van der Waals surface area (Å²) in [6.07, 6.45) is 0. The zero-order chi connectivity index (χ0) is 13.5. The standard InChI is InChI=1S/C11H12ClFN2O2S/c1-3-17-11(18)10(12)15-14-7-4-5-9(16-2)8(13)6-7/h4-6,14H,3H2,1-2H3/b15-10-. The van der Waals surface area contributed by atoms with Crippen molar-refractivity contribution in [3.05, 3.63) is 24.0 Å². The SMILES string of the molecule is CCOC(=S)/C(Cl)=N/Nc1ccc(OC)c(F)c1. The van der Waals surface area contributed by atoms with Crippen molar-refractivity contribution in [1.29, 1.82) is 0 Å². The van der Waals surface area contributed by atoms with Gasteiger partial charge >= 0.3 is 0 Å². The average Bonchev–Trinajstić information content (AvgIpc) is 2.36. The molecule has 0 aliphatic carbocycles. The molecule has 0 aromatic heterocycles. The van der Waals surface area contributed by atoms with E-state index in [0.29, 0.717) is 12.3 Å². The Kier molecular flexibility index (Phi) is 5.80. The van der Waals surface area contributed by atoms with Gasteiger partial charge in [0.05, 0.1) is 19.4 Å². The van der Waals surface area contributed by atoms with E-state index in [1.165, 1.54) is 19.2 Å². The summed E-state index contributed by atoms with van der Waals surface area (Å²) in [5.41, 5.74) is 2.99. The lowest BCUT2D eigenvalue weighted by Gasteiger charge is -2.06. The van der Waals surface area contributed by atoms with Gasteiger partial charge in [-0.3, -0.25) is 5.43 Å². The number of methoxy groups -OCH3 is 1. The van der Waals surface area contributed by atoms with Crippen LogP contribution in [0.2, 0.25) is 0 Å². The van der Waals surface area contributed by atoms with E-state index in [0.717, 1.165) is 0 Å². The van der Waals surface area contributed by atoms with Gasteiger partial charge in [0, 0.05) is 6.07 Å². The number of hydrogen-bond acceptors (Lipinski definition) is 5. The molecule has 0 unspecified atom stereocenters. The van der Waals surface area contributed by atoms with E-state index < -0.39 is 5.82 Å². The van der Waals surface area contributed by atoms with Gasteiger partial charge in [0.2, 0.25) is 10.2 Å². The highest BCUT2D eigenvalue weighted by atomic mass is 35.5. The highest BCUT2D eigenvalue weighted by molar-refractivity contribution is 7.82. The second kappa shape index (κ2) is 7.13. The number of nitrogens with zero attached hydrogens (tertiary/aromatic N) is 1. The fourth-order valence-electron chi connectivity index (χ4n) is 1.09. The van der Waals surface area contributed by atoms with Gasteiger partial charge in [-0.1, -0.05) is 11.6 Å². The number of hydrogen-bond donors (Lipinski definition) is 1. The molecule has 7 heteroatoms. The van der Waals surface area contributed by atoms with Crippen LogP contribution in [0.5, 0.6) is 5.75 Å². The second-order valence-corrected chi connectivity index (χ2v) is 3.81. The van der Waals surface area contributed by atoms with Crippen LogP contribution in [0.3, 0.4) is 0 Å². The molecule has 1 rings (SSSR count). The predicted molar refractivity (Wildman–Crippen MR) is 74.1 cm³/mol. The topological polar surface area (TPSA) is 42.8 Å². The molecule has 18 heavy (non-hydrogen) atoms. The molecule has 1 aromatic rings. The summed E-state index contributed by atoms with van der Waals surface area (Å²) >= 11 is 10.6. The van der Waals surface area contributed by atoms with Gasteiger partial charge in [-0.15, -0.1) is 0 Å². The Bertz CT molecular complexity index is 468. The maximum absolute atomic E-state index is 13.4. The Morgan fingerprint density at radius 2 is 2.28 bits per heavy atom. The summed E-state index contributed by atoms with van der Waals surface area (Å²) in [6.45, 7) is 2.19. The number of anilines is 1. The molecule has 0 bridgehead atoms. The zero-order valence-electron chi connectivity index (χ0n) is 9.87.